The van der Waals surface area contributed by atoms with Crippen LogP contribution in [0.15, 0.2) is 18.2 Å². The van der Waals surface area contributed by atoms with E-state index in [1.807, 2.05) is 0 Å². The molecule has 27 heavy (non-hydrogen) atoms. The minimum absolute atomic E-state index is 0.321. The molecule has 0 bridgehead atoms. The van der Waals surface area contributed by atoms with Gasteiger partial charge in [-0.25, -0.2) is 13.6 Å². The first-order valence-electron chi connectivity index (χ1n) is 8.35. The SMILES string of the molecule is C[C@H]1CCc2c(sc(NC(=O)COC(=O)c3cc(F)cc(F)c3)c2C#N)C1. The Hall–Kier alpha value is -2.79. The third-order valence-electron chi connectivity index (χ3n) is 4.31. The summed E-state index contributed by atoms with van der Waals surface area (Å²) < 4.78 is 31.1. The molecule has 1 N–H and O–H groups in total. The van der Waals surface area contributed by atoms with Crippen molar-refractivity contribution in [3.63, 3.8) is 0 Å². The molecule has 0 saturated carbocycles. The lowest BCUT2D eigenvalue weighted by Gasteiger charge is -2.17. The van der Waals surface area contributed by atoms with Crippen LogP contribution in [-0.4, -0.2) is 18.5 Å². The van der Waals surface area contributed by atoms with Crippen molar-refractivity contribution in [1.29, 1.82) is 5.26 Å². The second kappa shape index (κ2) is 7.84. The highest BCUT2D eigenvalue weighted by atomic mass is 32.1. The standard InChI is InChI=1S/C19H16F2N2O3S/c1-10-2-3-14-15(8-22)18(27-16(14)4-10)23-17(24)9-26-19(25)11-5-12(20)7-13(21)6-11/h5-7,10H,2-4,9H2,1H3,(H,23,24)/t10-/m0/s1. The van der Waals surface area contributed by atoms with Crippen LogP contribution in [-0.2, 0) is 22.4 Å². The number of thiophene rings is 1. The normalized spacial score (nSPS) is 15.6. The summed E-state index contributed by atoms with van der Waals surface area (Å²) in [6.45, 7) is 1.52. The maximum Gasteiger partial charge on any atom is 0.338 e. The molecule has 1 amide bonds. The molecular weight excluding hydrogens is 374 g/mol. The summed E-state index contributed by atoms with van der Waals surface area (Å²) in [6, 6.07) is 4.41. The number of benzene rings is 1. The number of hydrogen-bond acceptors (Lipinski definition) is 5. The summed E-state index contributed by atoms with van der Waals surface area (Å²) in [6.07, 6.45) is 2.66. The number of rotatable bonds is 4. The van der Waals surface area contributed by atoms with Gasteiger partial charge in [-0.15, -0.1) is 11.3 Å². The van der Waals surface area contributed by atoms with Crippen LogP contribution >= 0.6 is 11.3 Å². The van der Waals surface area contributed by atoms with Crippen molar-refractivity contribution in [2.24, 2.45) is 5.92 Å². The van der Waals surface area contributed by atoms with Gasteiger partial charge in [-0.1, -0.05) is 6.92 Å². The van der Waals surface area contributed by atoms with Gasteiger partial charge in [-0.3, -0.25) is 4.79 Å². The van der Waals surface area contributed by atoms with Gasteiger partial charge in [0, 0.05) is 10.9 Å². The van der Waals surface area contributed by atoms with E-state index in [0.717, 1.165) is 41.8 Å². The molecule has 0 saturated heterocycles. The van der Waals surface area contributed by atoms with E-state index < -0.39 is 30.1 Å². The minimum Gasteiger partial charge on any atom is -0.452 e. The number of nitrogens with zero attached hydrogens (tertiary/aromatic N) is 1. The Morgan fingerprint density at radius 2 is 2.04 bits per heavy atom. The van der Waals surface area contributed by atoms with Crippen LogP contribution < -0.4 is 5.32 Å². The molecule has 1 atom stereocenters. The zero-order chi connectivity index (χ0) is 19.6. The fourth-order valence-electron chi connectivity index (χ4n) is 3.01. The van der Waals surface area contributed by atoms with Gasteiger partial charge in [-0.05, 0) is 42.9 Å². The van der Waals surface area contributed by atoms with E-state index in [9.17, 15) is 23.6 Å². The molecule has 140 valence electrons. The van der Waals surface area contributed by atoms with E-state index in [1.165, 1.54) is 11.3 Å². The van der Waals surface area contributed by atoms with Crippen molar-refractivity contribution in [2.75, 3.05) is 11.9 Å². The number of esters is 1. The van der Waals surface area contributed by atoms with Crippen LogP contribution in [0.3, 0.4) is 0 Å². The number of amides is 1. The molecule has 0 radical (unpaired) electrons. The maximum atomic E-state index is 13.1. The van der Waals surface area contributed by atoms with Gasteiger partial charge in [0.15, 0.2) is 6.61 Å². The molecular formula is C19H16F2N2O3S. The molecule has 1 aromatic heterocycles. The van der Waals surface area contributed by atoms with Gasteiger partial charge < -0.3 is 10.1 Å². The van der Waals surface area contributed by atoms with Gasteiger partial charge in [0.2, 0.25) is 0 Å². The number of carbonyl (C=O) groups is 2. The smallest absolute Gasteiger partial charge is 0.338 e. The molecule has 1 aromatic carbocycles. The predicted octanol–water partition coefficient (Wildman–Crippen LogP) is 3.82. The van der Waals surface area contributed by atoms with Crippen LogP contribution in [0.2, 0.25) is 0 Å². The summed E-state index contributed by atoms with van der Waals surface area (Å²) in [4.78, 5) is 25.0. The molecule has 0 spiro atoms. The summed E-state index contributed by atoms with van der Waals surface area (Å²) >= 11 is 1.36. The number of halogens is 2. The van der Waals surface area contributed by atoms with Crippen molar-refractivity contribution >= 4 is 28.2 Å². The van der Waals surface area contributed by atoms with Crippen molar-refractivity contribution < 1.29 is 23.1 Å². The molecule has 5 nitrogen and oxygen atoms in total. The molecule has 0 unspecified atom stereocenters. The van der Waals surface area contributed by atoms with Crippen LogP contribution in [0, 0.1) is 28.9 Å². The van der Waals surface area contributed by atoms with Gasteiger partial charge in [0.05, 0.1) is 11.1 Å². The second-order valence-electron chi connectivity index (χ2n) is 6.45. The number of hydrogen-bond donors (Lipinski definition) is 1. The summed E-state index contributed by atoms with van der Waals surface area (Å²) in [5.41, 5.74) is 1.11. The van der Waals surface area contributed by atoms with Gasteiger partial charge in [0.25, 0.3) is 5.91 Å². The lowest BCUT2D eigenvalue weighted by molar-refractivity contribution is -0.119. The van der Waals surface area contributed by atoms with E-state index in [4.69, 9.17) is 4.74 Å². The topological polar surface area (TPSA) is 79.2 Å². The summed E-state index contributed by atoms with van der Waals surface area (Å²) in [5, 5.41) is 12.4. The van der Waals surface area contributed by atoms with Crippen molar-refractivity contribution in [3.05, 3.63) is 51.4 Å². The largest absolute Gasteiger partial charge is 0.452 e. The quantitative estimate of drug-likeness (QED) is 0.805. The predicted molar refractivity (Wildman–Crippen MR) is 95.5 cm³/mol. The van der Waals surface area contributed by atoms with Gasteiger partial charge in [-0.2, -0.15) is 5.26 Å². The lowest BCUT2D eigenvalue weighted by atomic mass is 9.89. The van der Waals surface area contributed by atoms with E-state index in [2.05, 4.69) is 18.3 Å². The van der Waals surface area contributed by atoms with E-state index in [-0.39, 0.29) is 5.56 Å². The van der Waals surface area contributed by atoms with Crippen LogP contribution in [0.25, 0.3) is 0 Å². The van der Waals surface area contributed by atoms with Crippen LogP contribution in [0.4, 0.5) is 13.8 Å². The number of anilines is 1. The van der Waals surface area contributed by atoms with Gasteiger partial charge >= 0.3 is 5.97 Å². The monoisotopic (exact) mass is 390 g/mol. The number of carbonyl (C=O) groups excluding carboxylic acids is 2. The Kier molecular flexibility index (Phi) is 5.51. The first-order valence-corrected chi connectivity index (χ1v) is 9.16. The van der Waals surface area contributed by atoms with Crippen LogP contribution in [0.1, 0.15) is 39.7 Å². The fourth-order valence-corrected chi connectivity index (χ4v) is 4.38. The molecule has 1 heterocycles. The Morgan fingerprint density at radius 3 is 2.70 bits per heavy atom. The number of nitrogens with one attached hydrogen (secondary N) is 1. The maximum absolute atomic E-state index is 13.1. The first-order chi connectivity index (χ1) is 12.9. The third-order valence-corrected chi connectivity index (χ3v) is 5.48. The zero-order valence-corrected chi connectivity index (χ0v) is 15.3. The van der Waals surface area contributed by atoms with Crippen molar-refractivity contribution in [3.8, 4) is 6.07 Å². The van der Waals surface area contributed by atoms with E-state index >= 15 is 0 Å². The Balaban J connectivity index is 1.65. The molecule has 1 aliphatic rings. The van der Waals surface area contributed by atoms with Crippen molar-refractivity contribution in [1.82, 2.24) is 0 Å². The molecule has 1 aliphatic carbocycles. The zero-order valence-electron chi connectivity index (χ0n) is 14.5. The van der Waals surface area contributed by atoms with E-state index in [1.54, 1.807) is 0 Å². The lowest BCUT2D eigenvalue weighted by Crippen LogP contribution is -2.21. The Bertz CT molecular complexity index is 929. The Morgan fingerprint density at radius 1 is 1.33 bits per heavy atom. The second-order valence-corrected chi connectivity index (χ2v) is 7.56. The molecule has 0 fully saturated rings. The minimum atomic E-state index is -1.01. The van der Waals surface area contributed by atoms with Crippen molar-refractivity contribution in [2.45, 2.75) is 26.2 Å². The molecule has 2 aromatic rings. The average molecular weight is 390 g/mol. The van der Waals surface area contributed by atoms with Crippen LogP contribution in [0.5, 0.6) is 0 Å². The highest BCUT2D eigenvalue weighted by molar-refractivity contribution is 7.16. The first kappa shape index (κ1) is 19.0. The Labute approximate surface area is 158 Å². The van der Waals surface area contributed by atoms with E-state index in [0.29, 0.717) is 22.5 Å². The average Bonchev–Trinajstić information content (AvgIpc) is 2.94. The highest BCUT2D eigenvalue weighted by Gasteiger charge is 2.25. The molecule has 0 aliphatic heterocycles. The molecule has 3 rings (SSSR count). The number of fused-ring (bicyclic) bond motifs is 1. The summed E-state index contributed by atoms with van der Waals surface area (Å²) in [7, 11) is 0. The fraction of sp³-hybridized carbons (Fsp3) is 0.316. The third kappa shape index (κ3) is 4.31. The number of nitriles is 1. The summed E-state index contributed by atoms with van der Waals surface area (Å²) in [5.74, 6) is -2.93. The van der Waals surface area contributed by atoms with Gasteiger partial charge in [0.1, 0.15) is 22.7 Å². The highest BCUT2D eigenvalue weighted by Crippen LogP contribution is 2.39. The number of ether oxygens (including phenoxy) is 1. The molecule has 8 heteroatoms.